The minimum Gasteiger partial charge on any atom is -0.388 e. The van der Waals surface area contributed by atoms with Crippen LogP contribution in [0.4, 0.5) is 0 Å². The van der Waals surface area contributed by atoms with E-state index in [-0.39, 0.29) is 0 Å². The quantitative estimate of drug-likeness (QED) is 0.476. The van der Waals surface area contributed by atoms with Crippen LogP contribution < -0.4 is 10.9 Å². The van der Waals surface area contributed by atoms with Crippen LogP contribution in [0.1, 0.15) is 17.3 Å². The molecule has 1 aromatic carbocycles. The third-order valence-corrected chi connectivity index (χ3v) is 3.54. The maximum atomic E-state index is 11.9. The molecule has 1 saturated heterocycles. The number of ether oxygens (including phenoxy) is 1. The van der Waals surface area contributed by atoms with Crippen molar-refractivity contribution < 1.29 is 24.9 Å². The molecule has 1 amide bonds. The predicted molar refractivity (Wildman–Crippen MR) is 74.4 cm³/mol. The van der Waals surface area contributed by atoms with Gasteiger partial charge in [-0.2, -0.15) is 0 Å². The van der Waals surface area contributed by atoms with Gasteiger partial charge in [-0.05, 0) is 31.2 Å². The van der Waals surface area contributed by atoms with Gasteiger partial charge in [-0.15, -0.1) is 0 Å². The minimum atomic E-state index is -1.37. The molecule has 0 saturated carbocycles. The monoisotopic (exact) mass is 316 g/mol. The molecule has 0 unspecified atom stereocenters. The maximum absolute atomic E-state index is 11.9. The molecule has 8 heteroatoms. The number of carbonyl (C=O) groups is 1. The highest BCUT2D eigenvalue weighted by Gasteiger charge is 2.41. The molecule has 7 nitrogen and oxygen atoms in total. The lowest BCUT2D eigenvalue weighted by molar-refractivity contribution is -0.226. The van der Waals surface area contributed by atoms with E-state index in [2.05, 4.69) is 10.9 Å². The lowest BCUT2D eigenvalue weighted by atomic mass is 9.99. The highest BCUT2D eigenvalue weighted by atomic mass is 35.5. The van der Waals surface area contributed by atoms with E-state index in [1.807, 2.05) is 0 Å². The van der Waals surface area contributed by atoms with Gasteiger partial charge in [0.2, 0.25) is 0 Å². The first-order valence-corrected chi connectivity index (χ1v) is 6.79. The highest BCUT2D eigenvalue weighted by Crippen LogP contribution is 2.19. The summed E-state index contributed by atoms with van der Waals surface area (Å²) in [6, 6.07) is 6.23. The summed E-state index contributed by atoms with van der Waals surface area (Å²) in [5, 5.41) is 29.5. The first kappa shape index (κ1) is 16.2. The first-order valence-electron chi connectivity index (χ1n) is 6.41. The third kappa shape index (κ3) is 3.70. The van der Waals surface area contributed by atoms with Crippen molar-refractivity contribution >= 4 is 17.5 Å². The summed E-state index contributed by atoms with van der Waals surface area (Å²) in [6.45, 7) is 1.55. The zero-order valence-electron chi connectivity index (χ0n) is 11.2. The van der Waals surface area contributed by atoms with Crippen LogP contribution in [0.2, 0.25) is 5.02 Å². The first-order chi connectivity index (χ1) is 9.90. The van der Waals surface area contributed by atoms with Crippen LogP contribution in [-0.4, -0.2) is 51.9 Å². The second kappa shape index (κ2) is 6.69. The minimum absolute atomic E-state index is 0.367. The molecular formula is C13H17ClN2O5. The van der Waals surface area contributed by atoms with Crippen molar-refractivity contribution in [2.75, 3.05) is 0 Å². The van der Waals surface area contributed by atoms with Crippen molar-refractivity contribution in [3.8, 4) is 0 Å². The molecule has 1 aliphatic rings. The van der Waals surface area contributed by atoms with E-state index in [1.54, 1.807) is 31.2 Å². The average Bonchev–Trinajstić information content (AvgIpc) is 2.48. The van der Waals surface area contributed by atoms with Gasteiger partial charge < -0.3 is 20.1 Å². The molecule has 2 rings (SSSR count). The van der Waals surface area contributed by atoms with E-state index in [1.165, 1.54) is 0 Å². The molecule has 0 aromatic heterocycles. The van der Waals surface area contributed by atoms with Gasteiger partial charge in [0, 0.05) is 10.6 Å². The van der Waals surface area contributed by atoms with E-state index in [9.17, 15) is 20.1 Å². The average molecular weight is 317 g/mol. The van der Waals surface area contributed by atoms with Crippen molar-refractivity contribution in [2.45, 2.75) is 37.6 Å². The van der Waals surface area contributed by atoms with Crippen molar-refractivity contribution in [1.29, 1.82) is 0 Å². The Labute approximate surface area is 126 Å². The summed E-state index contributed by atoms with van der Waals surface area (Å²) in [5.41, 5.74) is 5.22. The van der Waals surface area contributed by atoms with E-state index in [0.717, 1.165) is 0 Å². The third-order valence-electron chi connectivity index (χ3n) is 3.29. The van der Waals surface area contributed by atoms with Crippen LogP contribution in [0.3, 0.4) is 0 Å². The summed E-state index contributed by atoms with van der Waals surface area (Å²) in [7, 11) is 0. The second-order valence-electron chi connectivity index (χ2n) is 4.84. The van der Waals surface area contributed by atoms with Crippen LogP contribution in [0, 0.1) is 0 Å². The molecule has 1 aromatic rings. The van der Waals surface area contributed by atoms with Gasteiger partial charge in [0.25, 0.3) is 5.91 Å². The molecule has 0 bridgehead atoms. The number of benzene rings is 1. The number of carbonyl (C=O) groups excluding carboxylic acids is 1. The molecule has 0 spiro atoms. The van der Waals surface area contributed by atoms with Crippen LogP contribution in [0.15, 0.2) is 24.3 Å². The number of hydrazine groups is 1. The summed E-state index contributed by atoms with van der Waals surface area (Å²) >= 11 is 5.73. The van der Waals surface area contributed by atoms with E-state index >= 15 is 0 Å². The number of halogens is 1. The highest BCUT2D eigenvalue weighted by molar-refractivity contribution is 6.30. The lowest BCUT2D eigenvalue weighted by Gasteiger charge is -2.39. The Morgan fingerprint density at radius 3 is 2.38 bits per heavy atom. The number of hydrogen-bond donors (Lipinski definition) is 5. The fraction of sp³-hybridized carbons (Fsp3) is 0.462. The number of aliphatic hydroxyl groups is 3. The van der Waals surface area contributed by atoms with Crippen molar-refractivity contribution in [2.24, 2.45) is 0 Å². The van der Waals surface area contributed by atoms with Gasteiger partial charge in [0.1, 0.15) is 18.3 Å². The molecule has 5 N–H and O–H groups in total. The number of aliphatic hydroxyl groups excluding tert-OH is 3. The van der Waals surface area contributed by atoms with Gasteiger partial charge >= 0.3 is 0 Å². The van der Waals surface area contributed by atoms with Crippen molar-refractivity contribution in [1.82, 2.24) is 10.9 Å². The Morgan fingerprint density at radius 2 is 1.76 bits per heavy atom. The maximum Gasteiger partial charge on any atom is 0.265 e. The van der Waals surface area contributed by atoms with Crippen LogP contribution in [-0.2, 0) is 4.74 Å². The standard InChI is InChI=1S/C13H17ClN2O5/c1-6-9(17)10(18)11(19)13(21-6)16-15-12(20)7-2-4-8(14)5-3-7/h2-6,9-11,13,16-19H,1H3,(H,15,20)/t6-,9+,10+,11+,13-/m1/s1. The Morgan fingerprint density at radius 1 is 1.14 bits per heavy atom. The number of amides is 1. The molecule has 116 valence electrons. The fourth-order valence-electron chi connectivity index (χ4n) is 1.98. The number of nitrogens with one attached hydrogen (secondary N) is 2. The van der Waals surface area contributed by atoms with Crippen LogP contribution in [0.5, 0.6) is 0 Å². The molecule has 1 aliphatic heterocycles. The smallest absolute Gasteiger partial charge is 0.265 e. The number of hydrogen-bond acceptors (Lipinski definition) is 6. The van der Waals surface area contributed by atoms with Crippen molar-refractivity contribution in [3.63, 3.8) is 0 Å². The van der Waals surface area contributed by atoms with Gasteiger partial charge in [0.05, 0.1) is 6.10 Å². The predicted octanol–water partition coefficient (Wildman–Crippen LogP) is -0.598. The van der Waals surface area contributed by atoms with Crippen LogP contribution in [0.25, 0.3) is 0 Å². The molecule has 0 radical (unpaired) electrons. The topological polar surface area (TPSA) is 111 Å². The summed E-state index contributed by atoms with van der Waals surface area (Å²) in [5.74, 6) is -0.448. The van der Waals surface area contributed by atoms with Crippen LogP contribution >= 0.6 is 11.6 Å². The number of rotatable bonds is 3. The molecule has 0 aliphatic carbocycles. The van der Waals surface area contributed by atoms with Gasteiger partial charge in [-0.25, -0.2) is 5.43 Å². The van der Waals surface area contributed by atoms with E-state index in [4.69, 9.17) is 16.3 Å². The SMILES string of the molecule is C[C@H]1O[C@@H](NNC(=O)c2ccc(Cl)cc2)[C@@H](O)[C@@H](O)[C@H]1O. The molecular weight excluding hydrogens is 300 g/mol. The summed E-state index contributed by atoms with van der Waals surface area (Å²) in [6.07, 6.45) is -5.64. The summed E-state index contributed by atoms with van der Waals surface area (Å²) < 4.78 is 5.28. The Balaban J connectivity index is 1.93. The second-order valence-corrected chi connectivity index (χ2v) is 5.28. The summed E-state index contributed by atoms with van der Waals surface area (Å²) in [4.78, 5) is 11.9. The molecule has 5 atom stereocenters. The normalized spacial score (nSPS) is 32.7. The fourth-order valence-corrected chi connectivity index (χ4v) is 2.11. The largest absolute Gasteiger partial charge is 0.388 e. The molecule has 1 heterocycles. The van der Waals surface area contributed by atoms with Gasteiger partial charge in [-0.1, -0.05) is 11.6 Å². The Kier molecular flexibility index (Phi) is 5.15. The lowest BCUT2D eigenvalue weighted by Crippen LogP contribution is -2.63. The zero-order chi connectivity index (χ0) is 15.6. The zero-order valence-corrected chi connectivity index (χ0v) is 12.0. The molecule has 1 fully saturated rings. The Hall–Kier alpha value is -1.22. The van der Waals surface area contributed by atoms with E-state index < -0.39 is 36.6 Å². The van der Waals surface area contributed by atoms with Crippen molar-refractivity contribution in [3.05, 3.63) is 34.9 Å². The van der Waals surface area contributed by atoms with Gasteiger partial charge in [0.15, 0.2) is 6.23 Å². The van der Waals surface area contributed by atoms with E-state index in [0.29, 0.717) is 10.6 Å². The molecule has 21 heavy (non-hydrogen) atoms. The van der Waals surface area contributed by atoms with Gasteiger partial charge in [-0.3, -0.25) is 10.2 Å². The Bertz CT molecular complexity index is 498.